The molecule has 0 radical (unpaired) electrons. The molecule has 0 aliphatic rings. The van der Waals surface area contributed by atoms with E-state index in [4.69, 9.17) is 8.83 Å². The first-order valence-corrected chi connectivity index (χ1v) is 7.56. The minimum atomic E-state index is -0.687. The summed E-state index contributed by atoms with van der Waals surface area (Å²) in [4.78, 5) is 56.8. The average molecular weight is 364 g/mol. The molecule has 2 aromatic heterocycles. The average Bonchev–Trinajstić information content (AvgIpc) is 3.20. The maximum absolute atomic E-state index is 11.4. The van der Waals surface area contributed by atoms with Gasteiger partial charge in [-0.1, -0.05) is 12.1 Å². The summed E-state index contributed by atoms with van der Waals surface area (Å²) in [6.45, 7) is 0. The third kappa shape index (κ3) is 2.73. The Morgan fingerprint density at radius 2 is 1.22 bits per heavy atom. The van der Waals surface area contributed by atoms with E-state index in [0.717, 1.165) is 0 Å². The van der Waals surface area contributed by atoms with Crippen molar-refractivity contribution in [2.24, 2.45) is 9.98 Å². The number of isocyanates is 2. The summed E-state index contributed by atoms with van der Waals surface area (Å²) in [5.74, 6) is -1.37. The van der Waals surface area contributed by atoms with E-state index in [1.54, 1.807) is 24.3 Å². The molecular formula is C17H8N4O6. The fourth-order valence-electron chi connectivity index (χ4n) is 2.94. The standard InChI is InChI=1S/C17H8N4O6/c22-6-18-12-8(1-3-10-14(12)20-16(24)26-10)5-9-2-4-11-15(13(9)19-7-23)21-17(25)27-11/h1-4H,5H2,(H,20,24)(H,21,25). The van der Waals surface area contributed by atoms with Gasteiger partial charge in [0.1, 0.15) is 22.4 Å². The van der Waals surface area contributed by atoms with Gasteiger partial charge in [-0.05, 0) is 23.3 Å². The second-order valence-electron chi connectivity index (χ2n) is 5.50. The molecule has 0 saturated carbocycles. The van der Waals surface area contributed by atoms with Gasteiger partial charge in [0.15, 0.2) is 11.2 Å². The zero-order valence-corrected chi connectivity index (χ0v) is 13.4. The Balaban J connectivity index is 1.94. The summed E-state index contributed by atoms with van der Waals surface area (Å²) < 4.78 is 9.92. The van der Waals surface area contributed by atoms with Gasteiger partial charge in [0, 0.05) is 6.42 Å². The van der Waals surface area contributed by atoms with Gasteiger partial charge in [-0.15, -0.1) is 0 Å². The molecule has 27 heavy (non-hydrogen) atoms. The van der Waals surface area contributed by atoms with Crippen LogP contribution in [0.3, 0.4) is 0 Å². The first-order chi connectivity index (χ1) is 13.1. The Morgan fingerprint density at radius 1 is 0.778 bits per heavy atom. The molecule has 10 heteroatoms. The van der Waals surface area contributed by atoms with E-state index in [2.05, 4.69) is 20.0 Å². The summed E-state index contributed by atoms with van der Waals surface area (Å²) in [5, 5.41) is 0. The van der Waals surface area contributed by atoms with Gasteiger partial charge in [-0.3, -0.25) is 9.97 Å². The quantitative estimate of drug-likeness (QED) is 0.418. The first-order valence-electron chi connectivity index (χ1n) is 7.56. The van der Waals surface area contributed by atoms with Gasteiger partial charge in [0.2, 0.25) is 12.2 Å². The molecule has 4 aromatic rings. The molecule has 0 atom stereocenters. The van der Waals surface area contributed by atoms with Crippen LogP contribution in [0.1, 0.15) is 11.1 Å². The number of oxazole rings is 2. The van der Waals surface area contributed by atoms with E-state index < -0.39 is 11.5 Å². The molecule has 2 aromatic carbocycles. The van der Waals surface area contributed by atoms with Crippen LogP contribution < -0.4 is 11.5 Å². The number of hydrogen-bond donors (Lipinski definition) is 2. The van der Waals surface area contributed by atoms with Gasteiger partial charge in [-0.2, -0.15) is 9.98 Å². The zero-order valence-electron chi connectivity index (χ0n) is 13.4. The zero-order chi connectivity index (χ0) is 19.0. The van der Waals surface area contributed by atoms with Crippen LogP contribution in [0.4, 0.5) is 11.4 Å². The van der Waals surface area contributed by atoms with E-state index in [-0.39, 0.29) is 40.0 Å². The first kappa shape index (κ1) is 16.2. The number of aromatic nitrogens is 2. The molecule has 0 aliphatic heterocycles. The molecule has 0 bridgehead atoms. The molecule has 0 spiro atoms. The highest BCUT2D eigenvalue weighted by Crippen LogP contribution is 2.34. The second-order valence-corrected chi connectivity index (χ2v) is 5.50. The Kier molecular flexibility index (Phi) is 3.74. The van der Waals surface area contributed by atoms with Crippen molar-refractivity contribution in [1.82, 2.24) is 9.97 Å². The molecule has 10 nitrogen and oxygen atoms in total. The molecule has 0 amide bonds. The lowest BCUT2D eigenvalue weighted by Crippen LogP contribution is -1.95. The number of carbonyl (C=O) groups excluding carboxylic acids is 2. The third-order valence-electron chi connectivity index (χ3n) is 4.00. The fraction of sp³-hybridized carbons (Fsp3) is 0.0588. The molecule has 0 fully saturated rings. The van der Waals surface area contributed by atoms with Crippen molar-refractivity contribution in [1.29, 1.82) is 0 Å². The molecule has 2 heterocycles. The van der Waals surface area contributed by atoms with E-state index in [1.807, 2.05) is 0 Å². The summed E-state index contributed by atoms with van der Waals surface area (Å²) in [5.41, 5.74) is 2.39. The van der Waals surface area contributed by atoms with Gasteiger partial charge >= 0.3 is 11.5 Å². The van der Waals surface area contributed by atoms with Crippen LogP contribution in [0.2, 0.25) is 0 Å². The molecule has 2 N–H and O–H groups in total. The van der Waals surface area contributed by atoms with Gasteiger partial charge in [-0.25, -0.2) is 19.2 Å². The summed E-state index contributed by atoms with van der Waals surface area (Å²) in [6, 6.07) is 6.33. The van der Waals surface area contributed by atoms with Crippen LogP contribution in [-0.4, -0.2) is 22.1 Å². The number of nitrogens with one attached hydrogen (secondary N) is 2. The van der Waals surface area contributed by atoms with E-state index in [0.29, 0.717) is 11.1 Å². The highest BCUT2D eigenvalue weighted by Gasteiger charge is 2.16. The summed E-state index contributed by atoms with van der Waals surface area (Å²) in [6.07, 6.45) is 3.07. The molecular weight excluding hydrogens is 356 g/mol. The van der Waals surface area contributed by atoms with Crippen molar-refractivity contribution >= 4 is 45.7 Å². The Morgan fingerprint density at radius 3 is 1.63 bits per heavy atom. The number of aliphatic imine (C=N–C) groups is 2. The number of nitrogens with zero attached hydrogens (tertiary/aromatic N) is 2. The second kappa shape index (κ2) is 6.23. The van der Waals surface area contributed by atoms with Crippen LogP contribution in [0, 0.1) is 0 Å². The molecule has 0 aliphatic carbocycles. The number of fused-ring (bicyclic) bond motifs is 2. The minimum absolute atomic E-state index is 0.174. The van der Waals surface area contributed by atoms with Crippen LogP contribution in [0.25, 0.3) is 22.2 Å². The Labute approximate surface area is 147 Å². The van der Waals surface area contributed by atoms with Crippen molar-refractivity contribution in [2.45, 2.75) is 6.42 Å². The Bertz CT molecular complexity index is 1300. The van der Waals surface area contributed by atoms with Crippen molar-refractivity contribution in [2.75, 3.05) is 0 Å². The molecule has 4 rings (SSSR count). The lowest BCUT2D eigenvalue weighted by Gasteiger charge is -2.08. The Hall–Kier alpha value is -4.26. The number of hydrogen-bond acceptors (Lipinski definition) is 8. The highest BCUT2D eigenvalue weighted by atomic mass is 16.4. The highest BCUT2D eigenvalue weighted by molar-refractivity contribution is 5.90. The SMILES string of the molecule is O=C=Nc1c(Cc2ccc3oc(=O)[nH]c3c2N=C=O)ccc2oc(=O)[nH]c12. The van der Waals surface area contributed by atoms with Crippen molar-refractivity contribution in [3.63, 3.8) is 0 Å². The minimum Gasteiger partial charge on any atom is -0.408 e. The van der Waals surface area contributed by atoms with Crippen molar-refractivity contribution < 1.29 is 18.4 Å². The number of aromatic amines is 2. The lowest BCUT2D eigenvalue weighted by molar-refractivity contribution is 0.555. The summed E-state index contributed by atoms with van der Waals surface area (Å²) >= 11 is 0. The number of rotatable bonds is 4. The largest absolute Gasteiger partial charge is 0.417 e. The van der Waals surface area contributed by atoms with Crippen LogP contribution in [0.15, 0.2) is 52.7 Å². The summed E-state index contributed by atoms with van der Waals surface area (Å²) in [7, 11) is 0. The predicted molar refractivity (Wildman–Crippen MR) is 92.0 cm³/mol. The van der Waals surface area contributed by atoms with Crippen molar-refractivity contribution in [3.05, 3.63) is 56.5 Å². The van der Waals surface area contributed by atoms with E-state index >= 15 is 0 Å². The monoisotopic (exact) mass is 364 g/mol. The van der Waals surface area contributed by atoms with Gasteiger partial charge in [0.05, 0.1) is 0 Å². The molecule has 0 saturated heterocycles. The molecule has 0 unspecified atom stereocenters. The maximum atomic E-state index is 11.4. The smallest absolute Gasteiger partial charge is 0.408 e. The van der Waals surface area contributed by atoms with Crippen molar-refractivity contribution in [3.8, 4) is 0 Å². The number of H-pyrrole nitrogens is 2. The van der Waals surface area contributed by atoms with Gasteiger partial charge in [0.25, 0.3) is 0 Å². The van der Waals surface area contributed by atoms with Crippen LogP contribution in [-0.2, 0) is 16.0 Å². The normalized spacial score (nSPS) is 10.7. The predicted octanol–water partition coefficient (Wildman–Crippen LogP) is 2.08. The van der Waals surface area contributed by atoms with Crippen LogP contribution >= 0.6 is 0 Å². The molecule has 132 valence electrons. The number of benzene rings is 2. The third-order valence-corrected chi connectivity index (χ3v) is 4.00. The van der Waals surface area contributed by atoms with E-state index in [9.17, 15) is 19.2 Å². The van der Waals surface area contributed by atoms with Crippen LogP contribution in [0.5, 0.6) is 0 Å². The maximum Gasteiger partial charge on any atom is 0.417 e. The lowest BCUT2D eigenvalue weighted by atomic mass is 10.0. The van der Waals surface area contributed by atoms with E-state index in [1.165, 1.54) is 12.2 Å². The van der Waals surface area contributed by atoms with Gasteiger partial charge < -0.3 is 8.83 Å². The fourth-order valence-corrected chi connectivity index (χ4v) is 2.94. The topological polar surface area (TPSA) is 151 Å².